The summed E-state index contributed by atoms with van der Waals surface area (Å²) in [7, 11) is -1.33. The van der Waals surface area contributed by atoms with Gasteiger partial charge in [0.2, 0.25) is 11.8 Å². The van der Waals surface area contributed by atoms with Crippen molar-refractivity contribution >= 4 is 43.5 Å². The third-order valence-corrected chi connectivity index (χ3v) is 10.1. The summed E-state index contributed by atoms with van der Waals surface area (Å²) in [5, 5.41) is 3.00. The van der Waals surface area contributed by atoms with E-state index >= 15 is 0 Å². The molecule has 0 bridgehead atoms. The lowest BCUT2D eigenvalue weighted by Crippen LogP contribution is -2.53. The Balaban J connectivity index is 1.83. The van der Waals surface area contributed by atoms with Gasteiger partial charge in [-0.1, -0.05) is 89.9 Å². The van der Waals surface area contributed by atoms with E-state index in [0.717, 1.165) is 25.5 Å². The van der Waals surface area contributed by atoms with Crippen LogP contribution in [0.3, 0.4) is 0 Å². The number of nitrogens with one attached hydrogen (secondary N) is 1. The molecule has 4 rings (SSSR count). The molecule has 0 aliphatic heterocycles. The number of benzene rings is 4. The minimum Gasteiger partial charge on any atom is -0.493 e. The highest BCUT2D eigenvalue weighted by molar-refractivity contribution is 9.10. The molecule has 0 radical (unpaired) electrons. The SMILES string of the molecule is COc1ccc(N(CC(=O)N(Cc2ccc(Br)cc2)[C@@H](Cc2ccccc2)C(=O)NCC(C)C)S(=O)(=O)c2ccc(C)cc2)cc1OC. The molecule has 4 aromatic rings. The van der Waals surface area contributed by atoms with Crippen molar-refractivity contribution in [2.45, 2.75) is 44.7 Å². The van der Waals surface area contributed by atoms with Gasteiger partial charge in [0.25, 0.3) is 10.0 Å². The first-order valence-electron chi connectivity index (χ1n) is 15.6. The summed E-state index contributed by atoms with van der Waals surface area (Å²) in [6.07, 6.45) is 0.230. The Hall–Kier alpha value is -4.35. The summed E-state index contributed by atoms with van der Waals surface area (Å²) in [5.74, 6) is 0.0124. The summed E-state index contributed by atoms with van der Waals surface area (Å²) < 4.78 is 41.4. The molecule has 0 unspecified atom stereocenters. The molecule has 0 heterocycles. The van der Waals surface area contributed by atoms with Gasteiger partial charge in [-0.2, -0.15) is 0 Å². The Kier molecular flexibility index (Phi) is 12.7. The van der Waals surface area contributed by atoms with E-state index in [1.54, 1.807) is 24.3 Å². The quantitative estimate of drug-likeness (QED) is 0.152. The largest absolute Gasteiger partial charge is 0.493 e. The number of nitrogens with zero attached hydrogens (tertiary/aromatic N) is 2. The van der Waals surface area contributed by atoms with Gasteiger partial charge in [0, 0.05) is 30.0 Å². The van der Waals surface area contributed by atoms with E-state index in [-0.39, 0.29) is 35.4 Å². The zero-order valence-electron chi connectivity index (χ0n) is 27.9. The summed E-state index contributed by atoms with van der Waals surface area (Å²) in [4.78, 5) is 30.1. The van der Waals surface area contributed by atoms with E-state index in [1.165, 1.54) is 37.3 Å². The number of hydrogen-bond acceptors (Lipinski definition) is 6. The van der Waals surface area contributed by atoms with Gasteiger partial charge < -0.3 is 19.7 Å². The Labute approximate surface area is 292 Å². The minimum absolute atomic E-state index is 0.0191. The number of methoxy groups -OCH3 is 2. The summed E-state index contributed by atoms with van der Waals surface area (Å²) >= 11 is 3.46. The van der Waals surface area contributed by atoms with Crippen molar-refractivity contribution in [2.24, 2.45) is 5.92 Å². The lowest BCUT2D eigenvalue weighted by molar-refractivity contribution is -0.140. The second-order valence-electron chi connectivity index (χ2n) is 11.9. The van der Waals surface area contributed by atoms with Crippen LogP contribution in [0.15, 0.2) is 106 Å². The maximum Gasteiger partial charge on any atom is 0.264 e. The van der Waals surface area contributed by atoms with Crippen LogP contribution in [0.1, 0.15) is 30.5 Å². The van der Waals surface area contributed by atoms with Gasteiger partial charge in [0.1, 0.15) is 12.6 Å². The molecule has 254 valence electrons. The zero-order chi connectivity index (χ0) is 34.8. The van der Waals surface area contributed by atoms with E-state index in [9.17, 15) is 18.0 Å². The summed E-state index contributed by atoms with van der Waals surface area (Å²) in [6, 6.07) is 27.1. The topological polar surface area (TPSA) is 105 Å². The summed E-state index contributed by atoms with van der Waals surface area (Å²) in [5.41, 5.74) is 2.73. The first-order chi connectivity index (χ1) is 22.9. The molecule has 0 saturated carbocycles. The monoisotopic (exact) mass is 735 g/mol. The molecule has 1 N–H and O–H groups in total. The smallest absolute Gasteiger partial charge is 0.264 e. The molecule has 2 amide bonds. The van der Waals surface area contributed by atoms with Crippen molar-refractivity contribution in [2.75, 3.05) is 31.6 Å². The molecule has 48 heavy (non-hydrogen) atoms. The highest BCUT2D eigenvalue weighted by Gasteiger charge is 2.35. The van der Waals surface area contributed by atoms with E-state index in [1.807, 2.05) is 75.4 Å². The lowest BCUT2D eigenvalue weighted by Gasteiger charge is -2.34. The van der Waals surface area contributed by atoms with Gasteiger partial charge in [-0.25, -0.2) is 8.42 Å². The molecule has 0 fully saturated rings. The average Bonchev–Trinajstić information content (AvgIpc) is 3.08. The highest BCUT2D eigenvalue weighted by Crippen LogP contribution is 2.34. The molecule has 0 aliphatic rings. The number of halogens is 1. The molecule has 0 saturated heterocycles. The Bertz CT molecular complexity index is 1780. The van der Waals surface area contributed by atoms with Crippen LogP contribution >= 0.6 is 15.9 Å². The number of amides is 2. The van der Waals surface area contributed by atoms with Crippen molar-refractivity contribution in [3.05, 3.63) is 118 Å². The van der Waals surface area contributed by atoms with Gasteiger partial charge in [-0.15, -0.1) is 0 Å². The Morgan fingerprint density at radius 2 is 1.48 bits per heavy atom. The number of ether oxygens (including phenoxy) is 2. The number of aryl methyl sites for hydroxylation is 1. The second kappa shape index (κ2) is 16.7. The van der Waals surface area contributed by atoms with E-state index < -0.39 is 28.5 Å². The van der Waals surface area contributed by atoms with Crippen LogP contribution in [0.5, 0.6) is 11.5 Å². The molecule has 0 aromatic heterocycles. The molecule has 9 nitrogen and oxygen atoms in total. The number of rotatable bonds is 15. The van der Waals surface area contributed by atoms with Gasteiger partial charge in [-0.3, -0.25) is 13.9 Å². The molecule has 0 aliphatic carbocycles. The fourth-order valence-electron chi connectivity index (χ4n) is 5.11. The Morgan fingerprint density at radius 3 is 2.08 bits per heavy atom. The normalized spacial score (nSPS) is 11.9. The molecule has 1 atom stereocenters. The van der Waals surface area contributed by atoms with Crippen molar-refractivity contribution < 1.29 is 27.5 Å². The van der Waals surface area contributed by atoms with Crippen LogP contribution in [-0.2, 0) is 32.6 Å². The van der Waals surface area contributed by atoms with Gasteiger partial charge in [0.15, 0.2) is 11.5 Å². The standard InChI is InChI=1S/C37H42BrN3O6S/c1-26(2)23-39-37(43)33(21-28-9-7-6-8-10-28)40(24-29-13-15-30(38)16-14-29)36(42)25-41(31-17-20-34(46-4)35(22-31)47-5)48(44,45)32-18-11-27(3)12-19-32/h6-20,22,26,33H,21,23-25H2,1-5H3,(H,39,43)/t33-/m0/s1. The van der Waals surface area contributed by atoms with Crippen LogP contribution in [0, 0.1) is 12.8 Å². The van der Waals surface area contributed by atoms with E-state index in [2.05, 4.69) is 21.2 Å². The molecular formula is C37H42BrN3O6S. The predicted molar refractivity (Wildman–Crippen MR) is 192 cm³/mol. The minimum atomic E-state index is -4.27. The number of carbonyl (C=O) groups is 2. The Morgan fingerprint density at radius 1 is 0.833 bits per heavy atom. The zero-order valence-corrected chi connectivity index (χ0v) is 30.3. The van der Waals surface area contributed by atoms with Gasteiger partial charge >= 0.3 is 0 Å². The number of carbonyl (C=O) groups excluding carboxylic acids is 2. The van der Waals surface area contributed by atoms with Crippen LogP contribution in [0.4, 0.5) is 5.69 Å². The first kappa shape index (κ1) is 36.5. The van der Waals surface area contributed by atoms with Crippen molar-refractivity contribution in [3.63, 3.8) is 0 Å². The summed E-state index contributed by atoms with van der Waals surface area (Å²) in [6.45, 7) is 5.77. The van der Waals surface area contributed by atoms with Crippen LogP contribution < -0.4 is 19.1 Å². The third kappa shape index (κ3) is 9.38. The average molecular weight is 737 g/mol. The van der Waals surface area contributed by atoms with Gasteiger partial charge in [0.05, 0.1) is 24.8 Å². The van der Waals surface area contributed by atoms with Crippen LogP contribution in [0.25, 0.3) is 0 Å². The molecular weight excluding hydrogens is 694 g/mol. The molecule has 4 aromatic carbocycles. The number of sulfonamides is 1. The number of anilines is 1. The third-order valence-electron chi connectivity index (χ3n) is 7.76. The van der Waals surface area contributed by atoms with Crippen molar-refractivity contribution in [1.29, 1.82) is 0 Å². The molecule has 11 heteroatoms. The molecule has 0 spiro atoms. The number of hydrogen-bond donors (Lipinski definition) is 1. The predicted octanol–water partition coefficient (Wildman–Crippen LogP) is 6.38. The maximum absolute atomic E-state index is 14.7. The second-order valence-corrected chi connectivity index (χ2v) is 14.6. The van der Waals surface area contributed by atoms with Crippen LogP contribution in [0.2, 0.25) is 0 Å². The van der Waals surface area contributed by atoms with Gasteiger partial charge in [-0.05, 0) is 60.4 Å². The fourth-order valence-corrected chi connectivity index (χ4v) is 6.78. The van der Waals surface area contributed by atoms with Crippen molar-refractivity contribution in [1.82, 2.24) is 10.2 Å². The highest BCUT2D eigenvalue weighted by atomic mass is 79.9. The van der Waals surface area contributed by atoms with E-state index in [4.69, 9.17) is 9.47 Å². The van der Waals surface area contributed by atoms with Crippen LogP contribution in [-0.4, -0.2) is 58.5 Å². The fraction of sp³-hybridized carbons (Fsp3) is 0.297. The maximum atomic E-state index is 14.7. The van der Waals surface area contributed by atoms with E-state index in [0.29, 0.717) is 18.0 Å². The van der Waals surface area contributed by atoms with Crippen molar-refractivity contribution in [3.8, 4) is 11.5 Å². The first-order valence-corrected chi connectivity index (χ1v) is 17.8. The lowest BCUT2D eigenvalue weighted by atomic mass is 10.0.